The van der Waals surface area contributed by atoms with Crippen LogP contribution in [-0.4, -0.2) is 79.1 Å². The van der Waals surface area contributed by atoms with Gasteiger partial charge in [0.1, 0.15) is 6.10 Å². The second kappa shape index (κ2) is 7.62. The zero-order chi connectivity index (χ0) is 20.7. The summed E-state index contributed by atoms with van der Waals surface area (Å²) in [6, 6.07) is 3.40. The first-order valence-corrected chi connectivity index (χ1v) is 9.86. The van der Waals surface area contributed by atoms with E-state index in [2.05, 4.69) is 10.2 Å². The fraction of sp³-hybridized carbons (Fsp3) is 0.600. The summed E-state index contributed by atoms with van der Waals surface area (Å²) in [5, 5.41) is 12.0. The number of cyclic esters (lactones) is 1. The number of benzene rings is 1. The molecule has 0 radical (unpaired) electrons. The maximum absolute atomic E-state index is 12.3. The van der Waals surface area contributed by atoms with E-state index in [1.165, 1.54) is 5.56 Å². The van der Waals surface area contributed by atoms with Crippen molar-refractivity contribution in [2.24, 2.45) is 0 Å². The third kappa shape index (κ3) is 3.55. The van der Waals surface area contributed by atoms with Crippen molar-refractivity contribution >= 4 is 12.2 Å². The number of methoxy groups -OCH3 is 2. The van der Waals surface area contributed by atoms with E-state index in [-0.39, 0.29) is 30.3 Å². The first-order chi connectivity index (χ1) is 13.9. The summed E-state index contributed by atoms with van der Waals surface area (Å²) in [6.45, 7) is 3.74. The van der Waals surface area contributed by atoms with Gasteiger partial charge in [0.25, 0.3) is 0 Å². The fourth-order valence-corrected chi connectivity index (χ4v) is 4.87. The summed E-state index contributed by atoms with van der Waals surface area (Å²) >= 11 is 0. The first kappa shape index (κ1) is 19.6. The first-order valence-electron chi connectivity index (χ1n) is 9.86. The molecule has 9 nitrogen and oxygen atoms in total. The molecule has 29 heavy (non-hydrogen) atoms. The van der Waals surface area contributed by atoms with E-state index < -0.39 is 6.09 Å². The van der Waals surface area contributed by atoms with Gasteiger partial charge in [0.15, 0.2) is 11.5 Å². The third-order valence-electron chi connectivity index (χ3n) is 6.18. The van der Waals surface area contributed by atoms with E-state index in [1.807, 2.05) is 19.1 Å². The van der Waals surface area contributed by atoms with Gasteiger partial charge in [-0.05, 0) is 43.0 Å². The van der Waals surface area contributed by atoms with Crippen LogP contribution in [-0.2, 0) is 11.2 Å². The molecule has 2 saturated heterocycles. The number of rotatable bonds is 4. The van der Waals surface area contributed by atoms with Crippen LogP contribution in [0, 0.1) is 0 Å². The minimum Gasteiger partial charge on any atom is -0.493 e. The van der Waals surface area contributed by atoms with E-state index in [0.29, 0.717) is 31.0 Å². The third-order valence-corrected chi connectivity index (χ3v) is 6.18. The Morgan fingerprint density at radius 2 is 1.97 bits per heavy atom. The Bertz CT molecular complexity index is 816. The minimum atomic E-state index is -1.09. The van der Waals surface area contributed by atoms with Crippen LogP contribution in [0.15, 0.2) is 12.1 Å². The lowest BCUT2D eigenvalue weighted by molar-refractivity contribution is 0.0462. The number of amides is 2. The average Bonchev–Trinajstić information content (AvgIpc) is 3.03. The SMILES string of the molecule is COc1cc2c(cc1OC)C1CC(NC(=O)O)C(N3CC(C)OC3=O)CN1CC2. The summed E-state index contributed by atoms with van der Waals surface area (Å²) in [5.74, 6) is 1.36. The number of fused-ring (bicyclic) bond motifs is 3. The van der Waals surface area contributed by atoms with E-state index in [4.69, 9.17) is 14.2 Å². The average molecular weight is 405 g/mol. The van der Waals surface area contributed by atoms with Gasteiger partial charge in [-0.3, -0.25) is 9.80 Å². The molecule has 2 N–H and O–H groups in total. The standard InChI is InChI=1S/C20H27N3O6/c1-11-9-23(20(26)29-11)16-10-22-5-4-12-6-17(27-2)18(28-3)7-13(12)15(22)8-14(16)21-19(24)25/h6-7,11,14-16,21H,4-5,8-10H2,1-3H3,(H,24,25). The highest BCUT2D eigenvalue weighted by Gasteiger charge is 2.46. The molecular weight excluding hydrogens is 378 g/mol. The van der Waals surface area contributed by atoms with Crippen molar-refractivity contribution in [3.05, 3.63) is 23.3 Å². The molecule has 3 aliphatic heterocycles. The summed E-state index contributed by atoms with van der Waals surface area (Å²) in [4.78, 5) is 27.8. The van der Waals surface area contributed by atoms with Gasteiger partial charge in [0.05, 0.1) is 32.8 Å². The van der Waals surface area contributed by atoms with Crippen LogP contribution in [0.1, 0.15) is 30.5 Å². The Labute approximate surface area is 169 Å². The van der Waals surface area contributed by atoms with Crippen LogP contribution in [0.4, 0.5) is 9.59 Å². The maximum atomic E-state index is 12.3. The zero-order valence-corrected chi connectivity index (χ0v) is 16.9. The summed E-state index contributed by atoms with van der Waals surface area (Å²) in [5.41, 5.74) is 2.31. The predicted molar refractivity (Wildman–Crippen MR) is 104 cm³/mol. The van der Waals surface area contributed by atoms with Crippen molar-refractivity contribution in [3.63, 3.8) is 0 Å². The molecule has 0 aliphatic carbocycles. The van der Waals surface area contributed by atoms with Gasteiger partial charge >= 0.3 is 12.2 Å². The molecule has 4 unspecified atom stereocenters. The number of hydrogen-bond acceptors (Lipinski definition) is 6. The lowest BCUT2D eigenvalue weighted by Crippen LogP contribution is -2.62. The Kier molecular flexibility index (Phi) is 5.16. The van der Waals surface area contributed by atoms with Crippen molar-refractivity contribution in [1.82, 2.24) is 15.1 Å². The van der Waals surface area contributed by atoms with Crippen LogP contribution in [0.25, 0.3) is 0 Å². The number of piperidine rings is 1. The molecule has 158 valence electrons. The molecule has 4 atom stereocenters. The van der Waals surface area contributed by atoms with Crippen molar-refractivity contribution in [2.75, 3.05) is 33.9 Å². The molecule has 0 saturated carbocycles. The topological polar surface area (TPSA) is 101 Å². The fourth-order valence-electron chi connectivity index (χ4n) is 4.87. The molecule has 0 bridgehead atoms. The lowest BCUT2D eigenvalue weighted by atomic mass is 9.82. The van der Waals surface area contributed by atoms with Gasteiger partial charge in [-0.25, -0.2) is 9.59 Å². The van der Waals surface area contributed by atoms with E-state index in [9.17, 15) is 14.7 Å². The van der Waals surface area contributed by atoms with Gasteiger partial charge in [-0.2, -0.15) is 0 Å². The van der Waals surface area contributed by atoms with Crippen LogP contribution >= 0.6 is 0 Å². The lowest BCUT2D eigenvalue weighted by Gasteiger charge is -2.48. The van der Waals surface area contributed by atoms with Crippen LogP contribution in [0.2, 0.25) is 0 Å². The maximum Gasteiger partial charge on any atom is 0.410 e. The highest BCUT2D eigenvalue weighted by Crippen LogP contribution is 2.42. The summed E-state index contributed by atoms with van der Waals surface area (Å²) in [7, 11) is 3.23. The smallest absolute Gasteiger partial charge is 0.410 e. The molecule has 3 heterocycles. The largest absolute Gasteiger partial charge is 0.493 e. The minimum absolute atomic E-state index is 0.0442. The molecule has 1 aromatic rings. The Hall–Kier alpha value is -2.68. The number of nitrogens with zero attached hydrogens (tertiary/aromatic N) is 2. The second-order valence-electron chi connectivity index (χ2n) is 7.87. The molecule has 9 heteroatoms. The zero-order valence-electron chi connectivity index (χ0n) is 16.9. The normalized spacial score (nSPS) is 28.9. The molecule has 0 spiro atoms. The van der Waals surface area contributed by atoms with Gasteiger partial charge in [0, 0.05) is 19.1 Å². The van der Waals surface area contributed by atoms with Crippen molar-refractivity contribution in [2.45, 2.75) is 44.0 Å². The van der Waals surface area contributed by atoms with E-state index >= 15 is 0 Å². The number of carbonyl (C=O) groups excluding carboxylic acids is 1. The molecule has 0 aromatic heterocycles. The van der Waals surface area contributed by atoms with Crippen LogP contribution in [0.5, 0.6) is 11.5 Å². The quantitative estimate of drug-likeness (QED) is 0.788. The monoisotopic (exact) mass is 405 g/mol. The molecule has 2 amide bonds. The summed E-state index contributed by atoms with van der Waals surface area (Å²) < 4.78 is 16.2. The van der Waals surface area contributed by atoms with Gasteiger partial charge in [-0.15, -0.1) is 0 Å². The summed E-state index contributed by atoms with van der Waals surface area (Å²) in [6.07, 6.45) is -0.224. The van der Waals surface area contributed by atoms with Crippen molar-refractivity contribution in [1.29, 1.82) is 0 Å². The number of carboxylic acid groups (broad SMARTS) is 1. The highest BCUT2D eigenvalue weighted by molar-refractivity contribution is 5.71. The van der Waals surface area contributed by atoms with Gasteiger partial charge < -0.3 is 24.6 Å². The number of carbonyl (C=O) groups is 2. The van der Waals surface area contributed by atoms with Crippen molar-refractivity contribution < 1.29 is 28.9 Å². The van der Waals surface area contributed by atoms with Crippen molar-refractivity contribution in [3.8, 4) is 11.5 Å². The molecule has 2 fully saturated rings. The molecular formula is C20H27N3O6. The Morgan fingerprint density at radius 3 is 2.59 bits per heavy atom. The number of ether oxygens (including phenoxy) is 3. The molecule has 1 aromatic carbocycles. The van der Waals surface area contributed by atoms with E-state index in [0.717, 1.165) is 18.5 Å². The highest BCUT2D eigenvalue weighted by atomic mass is 16.6. The second-order valence-corrected chi connectivity index (χ2v) is 7.87. The predicted octanol–water partition coefficient (Wildman–Crippen LogP) is 1.85. The molecule has 3 aliphatic rings. The Morgan fingerprint density at radius 1 is 1.24 bits per heavy atom. The number of nitrogens with one attached hydrogen (secondary N) is 1. The van der Waals surface area contributed by atoms with E-state index in [1.54, 1.807) is 19.1 Å². The molecule has 4 rings (SSSR count). The van der Waals surface area contributed by atoms with Gasteiger partial charge in [0.2, 0.25) is 0 Å². The Balaban J connectivity index is 1.65. The van der Waals surface area contributed by atoms with Crippen LogP contribution < -0.4 is 14.8 Å². The number of hydrogen-bond donors (Lipinski definition) is 2. The van der Waals surface area contributed by atoms with Gasteiger partial charge in [-0.1, -0.05) is 0 Å². The van der Waals surface area contributed by atoms with Crippen LogP contribution in [0.3, 0.4) is 0 Å².